The molecule has 1 aliphatic carbocycles. The van der Waals surface area contributed by atoms with E-state index in [0.29, 0.717) is 42.8 Å². The molecule has 1 aromatic heterocycles. The summed E-state index contributed by atoms with van der Waals surface area (Å²) in [7, 11) is -1.74. The molecule has 1 aliphatic heterocycles. The molecule has 0 radical (unpaired) electrons. The van der Waals surface area contributed by atoms with E-state index in [2.05, 4.69) is 0 Å². The van der Waals surface area contributed by atoms with E-state index in [1.807, 2.05) is 19.9 Å². The summed E-state index contributed by atoms with van der Waals surface area (Å²) in [4.78, 5) is 28.2. The van der Waals surface area contributed by atoms with Crippen molar-refractivity contribution in [3.05, 3.63) is 64.6 Å². The summed E-state index contributed by atoms with van der Waals surface area (Å²) in [5, 5.41) is 50.2. The van der Waals surface area contributed by atoms with Crippen molar-refractivity contribution in [1.82, 2.24) is 0 Å². The molecule has 1 saturated heterocycles. The van der Waals surface area contributed by atoms with Gasteiger partial charge in [-0.3, -0.25) is 14.5 Å². The van der Waals surface area contributed by atoms with Crippen LogP contribution in [0.4, 0.5) is 5.69 Å². The maximum Gasteiger partial charge on any atom is 0.488 e. The summed E-state index contributed by atoms with van der Waals surface area (Å²) in [5.41, 5.74) is 2.98. The van der Waals surface area contributed by atoms with Crippen molar-refractivity contribution < 1.29 is 39.4 Å². The van der Waals surface area contributed by atoms with E-state index in [0.717, 1.165) is 22.5 Å². The number of amides is 2. The summed E-state index contributed by atoms with van der Waals surface area (Å²) in [6.07, 6.45) is 3.57. The van der Waals surface area contributed by atoms with Crippen molar-refractivity contribution in [1.29, 1.82) is 0 Å². The first-order valence-electron chi connectivity index (χ1n) is 13.5. The highest BCUT2D eigenvalue weighted by Gasteiger charge is 2.55. The molecule has 10 heteroatoms. The number of anilines is 1. The lowest BCUT2D eigenvalue weighted by Gasteiger charge is -2.36. The number of benzene rings is 1. The number of imide groups is 1. The van der Waals surface area contributed by atoms with Crippen LogP contribution >= 0.6 is 0 Å². The van der Waals surface area contributed by atoms with E-state index in [9.17, 15) is 35.0 Å². The van der Waals surface area contributed by atoms with Gasteiger partial charge in [-0.05, 0) is 73.5 Å². The molecule has 2 aliphatic rings. The maximum absolute atomic E-state index is 13.6. The molecule has 39 heavy (non-hydrogen) atoms. The zero-order chi connectivity index (χ0) is 28.3. The number of hydrogen-bond acceptors (Lipinski definition) is 8. The van der Waals surface area contributed by atoms with Crippen LogP contribution in [0.2, 0.25) is 0 Å². The standard InChI is InChI=1S/C29H36BNO8/c1-3-17(12-21-9-10-22(15-32)39-21)8-11-25(34)26-18(4-2)13-23-27(24(26)16-33)29(36)31(28(23)35)20-7-5-6-19(14-20)30(37)38/h5-7,9-10,12,14,23-25,27,32-34,37-38H,3-4,8,11,13,15-16H2,1-2H3/b17-12+/t23-,24+,25-,27-/m1/s1. The van der Waals surface area contributed by atoms with Crippen LogP contribution in [0.5, 0.6) is 0 Å². The first-order valence-corrected chi connectivity index (χ1v) is 13.5. The number of allylic oxidation sites excluding steroid dienone is 2. The van der Waals surface area contributed by atoms with Crippen molar-refractivity contribution in [2.24, 2.45) is 17.8 Å². The fourth-order valence-electron chi connectivity index (χ4n) is 5.96. The quantitative estimate of drug-likeness (QED) is 0.166. The van der Waals surface area contributed by atoms with Gasteiger partial charge in [0.2, 0.25) is 11.8 Å². The molecule has 0 saturated carbocycles. The number of furan rings is 1. The largest absolute Gasteiger partial charge is 0.488 e. The summed E-state index contributed by atoms with van der Waals surface area (Å²) < 4.78 is 5.56. The molecule has 5 N–H and O–H groups in total. The van der Waals surface area contributed by atoms with Crippen LogP contribution in [0.15, 0.2) is 57.5 Å². The second-order valence-corrected chi connectivity index (χ2v) is 10.2. The highest BCUT2D eigenvalue weighted by molar-refractivity contribution is 6.58. The SMILES string of the molecule is CCC1=C([C@H](O)CC/C(=C/c2ccc(CO)o2)CC)[C@H](CO)[C@@H]2C(=O)N(c3cccc(B(O)O)c3)C(=O)[C@@H]2C1. The van der Waals surface area contributed by atoms with Crippen LogP contribution in [0.1, 0.15) is 57.5 Å². The number of carbonyl (C=O) groups excluding carboxylic acids is 2. The van der Waals surface area contributed by atoms with Crippen molar-refractivity contribution in [2.45, 2.75) is 58.7 Å². The van der Waals surface area contributed by atoms with E-state index in [1.54, 1.807) is 24.3 Å². The lowest BCUT2D eigenvalue weighted by atomic mass is 9.67. The van der Waals surface area contributed by atoms with Gasteiger partial charge in [0, 0.05) is 5.92 Å². The zero-order valence-corrected chi connectivity index (χ0v) is 22.3. The third kappa shape index (κ3) is 5.80. The lowest BCUT2D eigenvalue weighted by Crippen LogP contribution is -2.39. The first-order chi connectivity index (χ1) is 18.7. The van der Waals surface area contributed by atoms with Gasteiger partial charge in [-0.15, -0.1) is 0 Å². The molecular formula is C29H36BNO8. The van der Waals surface area contributed by atoms with Crippen LogP contribution in [-0.4, -0.2) is 57.0 Å². The van der Waals surface area contributed by atoms with E-state index in [1.165, 1.54) is 12.1 Å². The van der Waals surface area contributed by atoms with Gasteiger partial charge in [0.15, 0.2) is 0 Å². The Hall–Kier alpha value is -3.02. The summed E-state index contributed by atoms with van der Waals surface area (Å²) >= 11 is 0. The topological polar surface area (TPSA) is 152 Å². The Kier molecular flexibility index (Phi) is 9.25. The minimum atomic E-state index is -1.74. The van der Waals surface area contributed by atoms with Gasteiger partial charge in [-0.25, -0.2) is 0 Å². The highest BCUT2D eigenvalue weighted by atomic mass is 16.4. The van der Waals surface area contributed by atoms with Crippen LogP contribution in [0.3, 0.4) is 0 Å². The van der Waals surface area contributed by atoms with Crippen LogP contribution < -0.4 is 10.4 Å². The Bertz CT molecular complexity index is 1270. The predicted molar refractivity (Wildman–Crippen MR) is 146 cm³/mol. The molecule has 0 bridgehead atoms. The van der Waals surface area contributed by atoms with E-state index >= 15 is 0 Å². The van der Waals surface area contributed by atoms with Crippen molar-refractivity contribution >= 4 is 36.2 Å². The molecule has 9 nitrogen and oxygen atoms in total. The fraction of sp³-hybridized carbons (Fsp3) is 0.448. The normalized spacial score (nSPS) is 22.5. The van der Waals surface area contributed by atoms with E-state index in [-0.39, 0.29) is 30.3 Å². The van der Waals surface area contributed by atoms with Gasteiger partial charge in [0.05, 0.1) is 30.2 Å². The molecule has 0 spiro atoms. The maximum atomic E-state index is 13.6. The third-order valence-electron chi connectivity index (χ3n) is 7.97. The third-order valence-corrected chi connectivity index (χ3v) is 7.97. The number of carbonyl (C=O) groups is 2. The summed E-state index contributed by atoms with van der Waals surface area (Å²) in [6.45, 7) is 3.38. The second-order valence-electron chi connectivity index (χ2n) is 10.2. The summed E-state index contributed by atoms with van der Waals surface area (Å²) in [6, 6.07) is 9.50. The average molecular weight is 537 g/mol. The monoisotopic (exact) mass is 537 g/mol. The van der Waals surface area contributed by atoms with Crippen LogP contribution in [0.25, 0.3) is 6.08 Å². The van der Waals surface area contributed by atoms with Crippen LogP contribution in [0, 0.1) is 17.8 Å². The molecule has 1 fully saturated rings. The minimum Gasteiger partial charge on any atom is -0.459 e. The molecule has 2 amide bonds. The summed E-state index contributed by atoms with van der Waals surface area (Å²) in [5.74, 6) is -1.92. The smallest absolute Gasteiger partial charge is 0.459 e. The van der Waals surface area contributed by atoms with Gasteiger partial charge in [-0.1, -0.05) is 37.1 Å². The molecule has 4 rings (SSSR count). The van der Waals surface area contributed by atoms with E-state index < -0.39 is 36.9 Å². The van der Waals surface area contributed by atoms with E-state index in [4.69, 9.17) is 4.42 Å². The molecule has 2 aromatic rings. The number of fused-ring (bicyclic) bond motifs is 1. The highest BCUT2D eigenvalue weighted by Crippen LogP contribution is 2.47. The Balaban J connectivity index is 1.57. The van der Waals surface area contributed by atoms with Gasteiger partial charge in [0.1, 0.15) is 18.1 Å². The van der Waals surface area contributed by atoms with Crippen molar-refractivity contribution in [3.8, 4) is 0 Å². The molecule has 4 atom stereocenters. The van der Waals surface area contributed by atoms with Gasteiger partial charge >= 0.3 is 7.12 Å². The fourth-order valence-corrected chi connectivity index (χ4v) is 5.96. The number of aliphatic hydroxyl groups is 3. The molecule has 208 valence electrons. The minimum absolute atomic E-state index is 0.159. The zero-order valence-electron chi connectivity index (χ0n) is 22.3. The predicted octanol–water partition coefficient (Wildman–Crippen LogP) is 1.91. The first kappa shape index (κ1) is 29.0. The molecule has 0 unspecified atom stereocenters. The molecular weight excluding hydrogens is 501 g/mol. The van der Waals surface area contributed by atoms with Gasteiger partial charge in [0.25, 0.3) is 0 Å². The van der Waals surface area contributed by atoms with Gasteiger partial charge in [-0.2, -0.15) is 0 Å². The van der Waals surface area contributed by atoms with Gasteiger partial charge < -0.3 is 29.8 Å². The number of rotatable bonds is 11. The van der Waals surface area contributed by atoms with Crippen LogP contribution in [-0.2, 0) is 16.2 Å². The lowest BCUT2D eigenvalue weighted by molar-refractivity contribution is -0.123. The Labute approximate surface area is 228 Å². The number of aliphatic hydroxyl groups excluding tert-OH is 3. The molecule has 1 aromatic carbocycles. The average Bonchev–Trinajstić information content (AvgIpc) is 3.50. The molecule has 2 heterocycles. The Morgan fingerprint density at radius 3 is 2.54 bits per heavy atom. The second kappa shape index (κ2) is 12.4. The Morgan fingerprint density at radius 1 is 1.15 bits per heavy atom. The van der Waals surface area contributed by atoms with Crippen molar-refractivity contribution in [3.63, 3.8) is 0 Å². The van der Waals surface area contributed by atoms with Crippen molar-refractivity contribution in [2.75, 3.05) is 11.5 Å². The Morgan fingerprint density at radius 2 is 1.92 bits per heavy atom. The number of nitrogens with zero attached hydrogens (tertiary/aromatic N) is 1. The number of hydrogen-bond donors (Lipinski definition) is 5.